The van der Waals surface area contributed by atoms with Gasteiger partial charge in [-0.05, 0) is 41.8 Å². The number of ether oxygens (including phenoxy) is 2. The number of benzene rings is 2. The summed E-state index contributed by atoms with van der Waals surface area (Å²) in [6, 6.07) is 14.8. The largest absolute Gasteiger partial charge is 0.383 e. The zero-order valence-electron chi connectivity index (χ0n) is 16.8. The van der Waals surface area contributed by atoms with Crippen molar-refractivity contribution in [2.75, 3.05) is 51.2 Å². The number of methoxy groups -OCH3 is 2. The van der Waals surface area contributed by atoms with Gasteiger partial charge in [-0.2, -0.15) is 0 Å². The van der Waals surface area contributed by atoms with Crippen molar-refractivity contribution in [3.63, 3.8) is 0 Å². The summed E-state index contributed by atoms with van der Waals surface area (Å²) in [5, 5.41) is 11.0. The molecule has 156 valence electrons. The SMILES string of the molecule is COCCNC(=O)Nc1ccc(Cc2ccc(NC(=O)NCCOC)cc2)cc1. The third-order valence-corrected chi connectivity index (χ3v) is 4.02. The van der Waals surface area contributed by atoms with E-state index in [4.69, 9.17) is 9.47 Å². The van der Waals surface area contributed by atoms with Crippen molar-refractivity contribution in [1.82, 2.24) is 10.6 Å². The number of rotatable bonds is 10. The number of amides is 4. The fourth-order valence-corrected chi connectivity index (χ4v) is 2.53. The Balaban J connectivity index is 1.80. The maximum Gasteiger partial charge on any atom is 0.319 e. The van der Waals surface area contributed by atoms with E-state index in [1.165, 1.54) is 0 Å². The first-order valence-electron chi connectivity index (χ1n) is 9.36. The van der Waals surface area contributed by atoms with Gasteiger partial charge in [-0.15, -0.1) is 0 Å². The van der Waals surface area contributed by atoms with Gasteiger partial charge < -0.3 is 30.7 Å². The van der Waals surface area contributed by atoms with E-state index < -0.39 is 0 Å². The molecule has 0 saturated carbocycles. The Labute approximate surface area is 171 Å². The molecule has 0 fully saturated rings. The van der Waals surface area contributed by atoms with Crippen LogP contribution in [-0.4, -0.2) is 52.6 Å². The van der Waals surface area contributed by atoms with Crippen LogP contribution in [0.5, 0.6) is 0 Å². The van der Waals surface area contributed by atoms with Crippen LogP contribution in [-0.2, 0) is 15.9 Å². The monoisotopic (exact) mass is 400 g/mol. The normalized spacial score (nSPS) is 10.3. The van der Waals surface area contributed by atoms with Crippen LogP contribution in [0.1, 0.15) is 11.1 Å². The Morgan fingerprint density at radius 1 is 0.690 bits per heavy atom. The average Bonchev–Trinajstić information content (AvgIpc) is 2.71. The molecule has 0 saturated heterocycles. The predicted molar refractivity (Wildman–Crippen MR) is 113 cm³/mol. The second-order valence-electron chi connectivity index (χ2n) is 6.32. The van der Waals surface area contributed by atoms with E-state index in [0.717, 1.165) is 28.9 Å². The van der Waals surface area contributed by atoms with Crippen molar-refractivity contribution in [3.8, 4) is 0 Å². The van der Waals surface area contributed by atoms with Crippen molar-refractivity contribution in [1.29, 1.82) is 0 Å². The molecule has 2 aromatic rings. The van der Waals surface area contributed by atoms with Crippen molar-refractivity contribution in [2.24, 2.45) is 0 Å². The third kappa shape index (κ3) is 8.63. The number of urea groups is 2. The average molecular weight is 400 g/mol. The van der Waals surface area contributed by atoms with Gasteiger partial charge in [0.15, 0.2) is 0 Å². The van der Waals surface area contributed by atoms with E-state index in [-0.39, 0.29) is 12.1 Å². The maximum atomic E-state index is 11.7. The minimum absolute atomic E-state index is 0.260. The Bertz CT molecular complexity index is 698. The van der Waals surface area contributed by atoms with Gasteiger partial charge >= 0.3 is 12.1 Å². The van der Waals surface area contributed by atoms with Crippen LogP contribution in [0.3, 0.4) is 0 Å². The van der Waals surface area contributed by atoms with Crippen LogP contribution in [0.15, 0.2) is 48.5 Å². The van der Waals surface area contributed by atoms with Gasteiger partial charge in [0.05, 0.1) is 13.2 Å². The molecule has 4 N–H and O–H groups in total. The lowest BCUT2D eigenvalue weighted by Gasteiger charge is -2.09. The molecule has 2 aromatic carbocycles. The highest BCUT2D eigenvalue weighted by Crippen LogP contribution is 2.16. The van der Waals surface area contributed by atoms with Gasteiger partial charge in [0.1, 0.15) is 0 Å². The van der Waals surface area contributed by atoms with Gasteiger partial charge in [0, 0.05) is 38.7 Å². The van der Waals surface area contributed by atoms with Crippen LogP contribution >= 0.6 is 0 Å². The molecular weight excluding hydrogens is 372 g/mol. The summed E-state index contributed by atoms with van der Waals surface area (Å²) in [6.07, 6.45) is 0.751. The summed E-state index contributed by atoms with van der Waals surface area (Å²) in [5.74, 6) is 0. The molecule has 4 amide bonds. The van der Waals surface area contributed by atoms with Crippen molar-refractivity contribution in [3.05, 3.63) is 59.7 Å². The summed E-state index contributed by atoms with van der Waals surface area (Å²) < 4.78 is 9.78. The molecule has 0 unspecified atom stereocenters. The van der Waals surface area contributed by atoms with E-state index in [0.29, 0.717) is 26.3 Å². The molecule has 0 heterocycles. The first-order chi connectivity index (χ1) is 14.1. The second-order valence-corrected chi connectivity index (χ2v) is 6.32. The molecule has 0 aliphatic rings. The predicted octanol–water partition coefficient (Wildman–Crippen LogP) is 2.81. The zero-order valence-corrected chi connectivity index (χ0v) is 16.8. The van der Waals surface area contributed by atoms with Crippen LogP contribution in [0, 0.1) is 0 Å². The molecule has 2 rings (SSSR count). The van der Waals surface area contributed by atoms with E-state index >= 15 is 0 Å². The summed E-state index contributed by atoms with van der Waals surface area (Å²) in [5.41, 5.74) is 3.69. The van der Waals surface area contributed by atoms with Gasteiger partial charge in [0.25, 0.3) is 0 Å². The molecule has 8 heteroatoms. The molecule has 0 aliphatic carbocycles. The van der Waals surface area contributed by atoms with Gasteiger partial charge in [-0.3, -0.25) is 0 Å². The molecule has 0 spiro atoms. The number of carbonyl (C=O) groups is 2. The van der Waals surface area contributed by atoms with Gasteiger partial charge in [0.2, 0.25) is 0 Å². The van der Waals surface area contributed by atoms with E-state index in [9.17, 15) is 9.59 Å². The number of anilines is 2. The van der Waals surface area contributed by atoms with Gasteiger partial charge in [-0.25, -0.2) is 9.59 Å². The number of hydrogen-bond donors (Lipinski definition) is 4. The standard InChI is InChI=1S/C21H28N4O4/c1-28-13-11-22-20(26)24-18-7-3-16(4-8-18)15-17-5-9-19(10-6-17)25-21(27)23-12-14-29-2/h3-10H,11-15H2,1-2H3,(H2,22,24,26)(H2,23,25,27). The number of hydrogen-bond acceptors (Lipinski definition) is 4. The highest BCUT2D eigenvalue weighted by atomic mass is 16.5. The van der Waals surface area contributed by atoms with Crippen LogP contribution < -0.4 is 21.3 Å². The van der Waals surface area contributed by atoms with E-state index in [2.05, 4.69) is 21.3 Å². The van der Waals surface area contributed by atoms with E-state index in [1.54, 1.807) is 14.2 Å². The second kappa shape index (κ2) is 12.4. The summed E-state index contributed by atoms with van der Waals surface area (Å²) in [7, 11) is 3.17. The maximum absolute atomic E-state index is 11.7. The quantitative estimate of drug-likeness (QED) is 0.461. The molecular formula is C21H28N4O4. The topological polar surface area (TPSA) is 101 Å². The summed E-state index contributed by atoms with van der Waals surface area (Å²) in [6.45, 7) is 1.86. The number of carbonyl (C=O) groups excluding carboxylic acids is 2. The summed E-state index contributed by atoms with van der Waals surface area (Å²) >= 11 is 0. The number of nitrogens with one attached hydrogen (secondary N) is 4. The summed E-state index contributed by atoms with van der Waals surface area (Å²) in [4.78, 5) is 23.5. The molecule has 0 atom stereocenters. The molecule has 0 bridgehead atoms. The Hall–Kier alpha value is -3.10. The minimum atomic E-state index is -0.260. The molecule has 0 aromatic heterocycles. The molecule has 8 nitrogen and oxygen atoms in total. The molecule has 0 aliphatic heterocycles. The zero-order chi connectivity index (χ0) is 20.9. The lowest BCUT2D eigenvalue weighted by molar-refractivity contribution is 0.198. The van der Waals surface area contributed by atoms with E-state index in [1.807, 2.05) is 48.5 Å². The van der Waals surface area contributed by atoms with Crippen LogP contribution in [0.25, 0.3) is 0 Å². The minimum Gasteiger partial charge on any atom is -0.383 e. The Morgan fingerprint density at radius 2 is 1.07 bits per heavy atom. The van der Waals surface area contributed by atoms with Crippen molar-refractivity contribution >= 4 is 23.4 Å². The Kier molecular flexibility index (Phi) is 9.47. The van der Waals surface area contributed by atoms with Gasteiger partial charge in [-0.1, -0.05) is 24.3 Å². The molecule has 0 radical (unpaired) electrons. The highest BCUT2D eigenvalue weighted by molar-refractivity contribution is 5.89. The lowest BCUT2D eigenvalue weighted by Crippen LogP contribution is -2.31. The van der Waals surface area contributed by atoms with Crippen molar-refractivity contribution in [2.45, 2.75) is 6.42 Å². The smallest absolute Gasteiger partial charge is 0.319 e. The highest BCUT2D eigenvalue weighted by Gasteiger charge is 2.03. The fourth-order valence-electron chi connectivity index (χ4n) is 2.53. The first kappa shape index (κ1) is 22.2. The third-order valence-electron chi connectivity index (χ3n) is 4.02. The fraction of sp³-hybridized carbons (Fsp3) is 0.333. The van der Waals surface area contributed by atoms with Crippen LogP contribution in [0.4, 0.5) is 21.0 Å². The lowest BCUT2D eigenvalue weighted by atomic mass is 10.0. The van der Waals surface area contributed by atoms with Crippen molar-refractivity contribution < 1.29 is 19.1 Å². The first-order valence-corrected chi connectivity index (χ1v) is 9.36. The van der Waals surface area contributed by atoms with Crippen LogP contribution in [0.2, 0.25) is 0 Å². The molecule has 29 heavy (non-hydrogen) atoms. The Morgan fingerprint density at radius 3 is 1.41 bits per heavy atom.